The average molecular weight is 369 g/mol. The predicted octanol–water partition coefficient (Wildman–Crippen LogP) is 4.17. The summed E-state index contributed by atoms with van der Waals surface area (Å²) in [5.74, 6) is -0.655. The van der Waals surface area contributed by atoms with Crippen LogP contribution in [0, 0.1) is 5.92 Å². The lowest BCUT2D eigenvalue weighted by Crippen LogP contribution is -2.17. The molecule has 0 aliphatic heterocycles. The third-order valence-electron chi connectivity index (χ3n) is 3.77. The van der Waals surface area contributed by atoms with Gasteiger partial charge < -0.3 is 10.6 Å². The van der Waals surface area contributed by atoms with Crippen molar-refractivity contribution in [1.29, 1.82) is 0 Å². The van der Waals surface area contributed by atoms with Gasteiger partial charge in [0.15, 0.2) is 5.13 Å². The second kappa shape index (κ2) is 6.53. The molecular formula is C16H15Cl2FN4O. The molecule has 3 atom stereocenters. The maximum Gasteiger partial charge on any atom is 0.232 e. The van der Waals surface area contributed by atoms with E-state index in [1.807, 2.05) is 25.1 Å². The summed E-state index contributed by atoms with van der Waals surface area (Å²) in [7, 11) is 0. The lowest BCUT2D eigenvalue weighted by molar-refractivity contribution is -0.117. The lowest BCUT2D eigenvalue weighted by Gasteiger charge is -2.16. The summed E-state index contributed by atoms with van der Waals surface area (Å²) in [5.41, 5.74) is 1.51. The largest absolute Gasteiger partial charge is 0.362 e. The fraction of sp³-hybridized carbons (Fsp3) is 0.312. The minimum atomic E-state index is -1.90. The van der Waals surface area contributed by atoms with Crippen molar-refractivity contribution in [1.82, 2.24) is 9.97 Å². The van der Waals surface area contributed by atoms with Crippen LogP contribution >= 0.6 is 23.2 Å². The molecule has 0 bridgehead atoms. The number of anilines is 2. The number of hydrogen-bond acceptors (Lipinski definition) is 4. The van der Waals surface area contributed by atoms with E-state index >= 15 is 0 Å². The first kappa shape index (κ1) is 16.9. The average Bonchev–Trinajstić information content (AvgIpc) is 3.16. The third-order valence-corrected chi connectivity index (χ3v) is 4.37. The number of halogens is 3. The molecule has 2 unspecified atom stereocenters. The van der Waals surface area contributed by atoms with E-state index in [4.69, 9.17) is 23.2 Å². The zero-order chi connectivity index (χ0) is 17.3. The molecule has 0 spiro atoms. The fourth-order valence-corrected chi connectivity index (χ4v) is 2.73. The molecule has 1 aliphatic carbocycles. The first-order valence-corrected chi connectivity index (χ1v) is 8.13. The minimum absolute atomic E-state index is 0.0471. The van der Waals surface area contributed by atoms with Crippen LogP contribution in [0.5, 0.6) is 0 Å². The van der Waals surface area contributed by atoms with Crippen LogP contribution < -0.4 is 10.6 Å². The Morgan fingerprint density at radius 3 is 2.88 bits per heavy atom. The topological polar surface area (TPSA) is 66.9 Å². The summed E-state index contributed by atoms with van der Waals surface area (Å²) in [6, 6.07) is 7.17. The van der Waals surface area contributed by atoms with Crippen molar-refractivity contribution in [3.8, 4) is 0 Å². The van der Waals surface area contributed by atoms with Gasteiger partial charge in [0.25, 0.3) is 0 Å². The Labute approximate surface area is 148 Å². The number of carbonyl (C=O) groups excluding carboxylic acids is 1. The third kappa shape index (κ3) is 3.94. The van der Waals surface area contributed by atoms with E-state index in [-0.39, 0.29) is 12.5 Å². The molecule has 1 saturated carbocycles. The maximum absolute atomic E-state index is 13.4. The molecule has 1 amide bonds. The summed E-state index contributed by atoms with van der Waals surface area (Å²) < 4.78 is 13.4. The van der Waals surface area contributed by atoms with Gasteiger partial charge in [-0.2, -0.15) is 0 Å². The Balaban J connectivity index is 1.67. The molecule has 2 N–H and O–H groups in total. The van der Waals surface area contributed by atoms with Crippen LogP contribution in [-0.4, -0.2) is 21.0 Å². The number of amides is 1. The van der Waals surface area contributed by atoms with Crippen LogP contribution in [0.15, 0.2) is 36.7 Å². The van der Waals surface area contributed by atoms with Crippen LogP contribution in [-0.2, 0) is 4.79 Å². The van der Waals surface area contributed by atoms with Crippen molar-refractivity contribution in [2.24, 2.45) is 5.92 Å². The van der Waals surface area contributed by atoms with Gasteiger partial charge in [0.1, 0.15) is 11.0 Å². The second-order valence-corrected chi connectivity index (χ2v) is 6.74. The Kier molecular flexibility index (Phi) is 4.60. The molecule has 5 nitrogen and oxygen atoms in total. The summed E-state index contributed by atoms with van der Waals surface area (Å²) >= 11 is 11.3. The monoisotopic (exact) mass is 368 g/mol. The number of alkyl halides is 2. The van der Waals surface area contributed by atoms with Crippen molar-refractivity contribution < 1.29 is 9.18 Å². The molecule has 1 fully saturated rings. The van der Waals surface area contributed by atoms with Crippen LogP contribution in [0.25, 0.3) is 0 Å². The summed E-state index contributed by atoms with van der Waals surface area (Å²) in [4.78, 5) is 20.0. The van der Waals surface area contributed by atoms with E-state index in [1.165, 1.54) is 6.20 Å². The lowest BCUT2D eigenvalue weighted by atomic mass is 10.1. The predicted molar refractivity (Wildman–Crippen MR) is 92.0 cm³/mol. The van der Waals surface area contributed by atoms with Gasteiger partial charge in [0, 0.05) is 12.1 Å². The molecule has 1 heterocycles. The first-order valence-electron chi connectivity index (χ1n) is 7.38. The van der Waals surface area contributed by atoms with Crippen LogP contribution in [0.3, 0.4) is 0 Å². The molecule has 0 radical (unpaired) electrons. The number of benzene rings is 1. The number of aromatic nitrogens is 2. The van der Waals surface area contributed by atoms with Crippen molar-refractivity contribution in [3.05, 3.63) is 47.4 Å². The second-order valence-electron chi connectivity index (χ2n) is 5.73. The van der Waals surface area contributed by atoms with Gasteiger partial charge in [0.2, 0.25) is 5.91 Å². The number of hydrogen-bond donors (Lipinski definition) is 2. The van der Waals surface area contributed by atoms with Crippen molar-refractivity contribution in [2.75, 3.05) is 10.6 Å². The zero-order valence-corrected chi connectivity index (χ0v) is 14.3. The Morgan fingerprint density at radius 1 is 1.46 bits per heavy atom. The molecule has 1 aromatic carbocycles. The summed E-state index contributed by atoms with van der Waals surface area (Å²) in [6.45, 7) is 1.94. The van der Waals surface area contributed by atoms with E-state index in [0.717, 1.165) is 5.56 Å². The number of nitrogens with zero attached hydrogens (tertiary/aromatic N) is 2. The van der Waals surface area contributed by atoms with Gasteiger partial charge in [-0.05, 0) is 24.6 Å². The highest BCUT2D eigenvalue weighted by Crippen LogP contribution is 2.51. The van der Waals surface area contributed by atoms with Crippen molar-refractivity contribution in [3.63, 3.8) is 0 Å². The Bertz CT molecular complexity index is 771. The van der Waals surface area contributed by atoms with Gasteiger partial charge in [-0.15, -0.1) is 0 Å². The number of nitrogens with one attached hydrogen (secondary N) is 2. The van der Waals surface area contributed by atoms with Crippen molar-refractivity contribution >= 4 is 40.6 Å². The maximum atomic E-state index is 13.4. The van der Waals surface area contributed by atoms with Crippen LogP contribution in [0.1, 0.15) is 24.9 Å². The van der Waals surface area contributed by atoms with Gasteiger partial charge in [-0.1, -0.05) is 35.3 Å². The van der Waals surface area contributed by atoms with E-state index in [1.54, 1.807) is 12.3 Å². The molecular weight excluding hydrogens is 354 g/mol. The molecule has 1 aliphatic rings. The van der Waals surface area contributed by atoms with Gasteiger partial charge in [-0.25, -0.2) is 9.37 Å². The quantitative estimate of drug-likeness (QED) is 0.777. The van der Waals surface area contributed by atoms with Gasteiger partial charge in [0.05, 0.1) is 24.4 Å². The summed E-state index contributed by atoms with van der Waals surface area (Å²) in [5, 5.41) is 4.26. The van der Waals surface area contributed by atoms with Crippen LogP contribution in [0.2, 0.25) is 5.15 Å². The fourth-order valence-electron chi connectivity index (χ4n) is 2.33. The smallest absolute Gasteiger partial charge is 0.232 e. The SMILES string of the molecule is C[C@H](Nc1cncc(Cl)n1)c1cccc(NC(=O)C2CC2(F)Cl)c1. The van der Waals surface area contributed by atoms with Gasteiger partial charge in [-0.3, -0.25) is 9.78 Å². The molecule has 24 heavy (non-hydrogen) atoms. The standard InChI is InChI=1S/C16H15Cl2FN4O/c1-9(21-14-8-20-7-13(17)23-14)10-3-2-4-11(5-10)22-15(24)12-6-16(12,18)19/h2-5,7-9,12H,6H2,1H3,(H,21,23)(H,22,24)/t9-,12?,16?/m0/s1. The Morgan fingerprint density at radius 2 is 2.21 bits per heavy atom. The molecule has 2 aromatic rings. The number of carbonyl (C=O) groups is 1. The Hall–Kier alpha value is -1.92. The first-order chi connectivity index (χ1) is 11.3. The van der Waals surface area contributed by atoms with E-state index in [2.05, 4.69) is 20.6 Å². The minimum Gasteiger partial charge on any atom is -0.362 e. The highest BCUT2D eigenvalue weighted by atomic mass is 35.5. The highest BCUT2D eigenvalue weighted by molar-refractivity contribution is 6.29. The van der Waals surface area contributed by atoms with Gasteiger partial charge >= 0.3 is 0 Å². The number of rotatable bonds is 5. The molecule has 126 valence electrons. The van der Waals surface area contributed by atoms with E-state index < -0.39 is 17.0 Å². The van der Waals surface area contributed by atoms with Crippen molar-refractivity contribution in [2.45, 2.75) is 24.5 Å². The molecule has 0 saturated heterocycles. The van der Waals surface area contributed by atoms with E-state index in [9.17, 15) is 9.18 Å². The zero-order valence-electron chi connectivity index (χ0n) is 12.8. The summed E-state index contributed by atoms with van der Waals surface area (Å²) in [6.07, 6.45) is 3.07. The highest BCUT2D eigenvalue weighted by Gasteiger charge is 2.58. The van der Waals surface area contributed by atoms with Crippen LogP contribution in [0.4, 0.5) is 15.9 Å². The molecule has 8 heteroatoms. The van der Waals surface area contributed by atoms with E-state index in [0.29, 0.717) is 16.7 Å². The molecule has 1 aromatic heterocycles. The molecule has 3 rings (SSSR count). The normalized spacial score (nSPS) is 23.4.